The summed E-state index contributed by atoms with van der Waals surface area (Å²) in [5.41, 5.74) is 1.52. The molecule has 2 fully saturated rings. The Kier molecular flexibility index (Phi) is 7.18. The molecule has 198 valence electrons. The fourth-order valence-corrected chi connectivity index (χ4v) is 5.34. The molecule has 1 saturated heterocycles. The van der Waals surface area contributed by atoms with Crippen LogP contribution >= 0.6 is 0 Å². The van der Waals surface area contributed by atoms with Gasteiger partial charge in [-0.1, -0.05) is 42.5 Å². The highest BCUT2D eigenvalue weighted by atomic mass is 16.6. The van der Waals surface area contributed by atoms with Crippen molar-refractivity contribution in [3.8, 4) is 0 Å². The molecule has 1 heterocycles. The summed E-state index contributed by atoms with van der Waals surface area (Å²) in [4.78, 5) is 62.9. The van der Waals surface area contributed by atoms with Crippen molar-refractivity contribution in [3.05, 3.63) is 100 Å². The Balaban J connectivity index is 1.23. The summed E-state index contributed by atoms with van der Waals surface area (Å²) in [5.74, 6) is -2.62. The van der Waals surface area contributed by atoms with Gasteiger partial charge >= 0.3 is 5.97 Å². The number of ether oxygens (including phenoxy) is 1. The van der Waals surface area contributed by atoms with Gasteiger partial charge < -0.3 is 10.1 Å². The lowest BCUT2D eigenvalue weighted by Crippen LogP contribution is -2.31. The van der Waals surface area contributed by atoms with Gasteiger partial charge in [0.1, 0.15) is 0 Å². The van der Waals surface area contributed by atoms with Crippen molar-refractivity contribution in [3.63, 3.8) is 0 Å². The van der Waals surface area contributed by atoms with Crippen LogP contribution in [0.3, 0.4) is 0 Å². The molecule has 1 saturated carbocycles. The van der Waals surface area contributed by atoms with Crippen molar-refractivity contribution < 1.29 is 28.8 Å². The standard InChI is InChI=1S/C29H25N3O7/c33-26(30-21-9-5-11-23(16-21)32(37)38)17-39-29(36)20-8-4-10-22(14-20)31-27(34)24-13-12-19(15-25(24)28(31)35)18-6-2-1-3-7-18/h1-11,14,16,19,24-25H,12-13,15,17H2,(H,30,33)/t19-,24-,25+/m1/s1. The second kappa shape index (κ2) is 10.9. The number of carbonyl (C=O) groups is 4. The van der Waals surface area contributed by atoms with Crippen LogP contribution in [0.5, 0.6) is 0 Å². The minimum absolute atomic E-state index is 0.0771. The van der Waals surface area contributed by atoms with Gasteiger partial charge in [0.15, 0.2) is 6.61 Å². The summed E-state index contributed by atoms with van der Waals surface area (Å²) < 4.78 is 5.10. The highest BCUT2D eigenvalue weighted by Gasteiger charge is 2.50. The smallest absolute Gasteiger partial charge is 0.338 e. The Hall–Kier alpha value is -4.86. The molecule has 5 rings (SSSR count). The van der Waals surface area contributed by atoms with E-state index in [1.165, 1.54) is 36.4 Å². The molecule has 1 N–H and O–H groups in total. The van der Waals surface area contributed by atoms with E-state index >= 15 is 0 Å². The first-order chi connectivity index (χ1) is 18.8. The monoisotopic (exact) mass is 527 g/mol. The number of hydrogen-bond acceptors (Lipinski definition) is 7. The van der Waals surface area contributed by atoms with Crippen molar-refractivity contribution in [2.24, 2.45) is 11.8 Å². The van der Waals surface area contributed by atoms with E-state index in [4.69, 9.17) is 4.74 Å². The summed E-state index contributed by atoms with van der Waals surface area (Å²) >= 11 is 0. The fraction of sp³-hybridized carbons (Fsp3) is 0.241. The lowest BCUT2D eigenvalue weighted by Gasteiger charge is -2.28. The van der Waals surface area contributed by atoms with Crippen molar-refractivity contribution in [1.29, 1.82) is 0 Å². The number of hydrogen-bond donors (Lipinski definition) is 1. The van der Waals surface area contributed by atoms with Gasteiger partial charge in [0.05, 0.1) is 28.0 Å². The number of nitro benzene ring substituents is 1. The van der Waals surface area contributed by atoms with Gasteiger partial charge in [-0.3, -0.25) is 29.4 Å². The third-order valence-electron chi connectivity index (χ3n) is 7.21. The fourth-order valence-electron chi connectivity index (χ4n) is 5.34. The van der Waals surface area contributed by atoms with E-state index < -0.39 is 29.3 Å². The summed E-state index contributed by atoms with van der Waals surface area (Å²) in [6.45, 7) is -0.627. The molecule has 1 aliphatic carbocycles. The van der Waals surface area contributed by atoms with Gasteiger partial charge in [0.25, 0.3) is 11.6 Å². The van der Waals surface area contributed by atoms with Crippen molar-refractivity contribution >= 4 is 40.8 Å². The first-order valence-electron chi connectivity index (χ1n) is 12.6. The average Bonchev–Trinajstić information content (AvgIpc) is 3.21. The molecule has 3 aromatic carbocycles. The third kappa shape index (κ3) is 5.40. The number of rotatable bonds is 7. The van der Waals surface area contributed by atoms with Crippen molar-refractivity contribution in [2.75, 3.05) is 16.8 Å². The lowest BCUT2D eigenvalue weighted by atomic mass is 9.73. The zero-order chi connectivity index (χ0) is 27.5. The normalized spacial score (nSPS) is 20.3. The predicted octanol–water partition coefficient (Wildman–Crippen LogP) is 4.46. The molecule has 3 amide bonds. The van der Waals surface area contributed by atoms with Gasteiger partial charge in [0, 0.05) is 17.8 Å². The molecule has 0 bridgehead atoms. The number of nitro groups is 1. The SMILES string of the molecule is O=C(COC(=O)c1cccc(N2C(=O)[C@H]3C[C@H](c4ccccc4)CC[C@H]3C2=O)c1)Nc1cccc([N+](=O)[O-])c1. The van der Waals surface area contributed by atoms with E-state index in [-0.39, 0.29) is 46.3 Å². The quantitative estimate of drug-likeness (QED) is 0.207. The van der Waals surface area contributed by atoms with Gasteiger partial charge in [-0.2, -0.15) is 0 Å². The molecule has 0 unspecified atom stereocenters. The van der Waals surface area contributed by atoms with Crippen molar-refractivity contribution in [2.45, 2.75) is 25.2 Å². The van der Waals surface area contributed by atoms with E-state index in [0.29, 0.717) is 12.8 Å². The molecule has 10 nitrogen and oxygen atoms in total. The first kappa shape index (κ1) is 25.8. The second-order valence-corrected chi connectivity index (χ2v) is 9.63. The Morgan fingerprint density at radius 1 is 0.923 bits per heavy atom. The van der Waals surface area contributed by atoms with E-state index in [2.05, 4.69) is 5.32 Å². The predicted molar refractivity (Wildman–Crippen MR) is 141 cm³/mol. The summed E-state index contributed by atoms with van der Waals surface area (Å²) in [6.07, 6.45) is 2.03. The Labute approximate surface area is 223 Å². The number of nitrogens with zero attached hydrogens (tertiary/aromatic N) is 2. The number of carbonyl (C=O) groups excluding carboxylic acids is 4. The molecule has 0 radical (unpaired) electrons. The number of non-ortho nitro benzene ring substituents is 1. The zero-order valence-electron chi connectivity index (χ0n) is 20.8. The van der Waals surface area contributed by atoms with Crippen LogP contribution in [0, 0.1) is 22.0 Å². The number of fused-ring (bicyclic) bond motifs is 1. The zero-order valence-corrected chi connectivity index (χ0v) is 20.8. The number of esters is 1. The number of nitrogens with one attached hydrogen (secondary N) is 1. The maximum Gasteiger partial charge on any atom is 0.338 e. The summed E-state index contributed by atoms with van der Waals surface area (Å²) in [5, 5.41) is 13.3. The minimum atomic E-state index is -0.813. The number of anilines is 2. The molecule has 10 heteroatoms. The third-order valence-corrected chi connectivity index (χ3v) is 7.21. The molecule has 3 aromatic rings. The molecular formula is C29H25N3O7. The van der Waals surface area contributed by atoms with Crippen LogP contribution in [0.1, 0.15) is 41.1 Å². The van der Waals surface area contributed by atoms with Gasteiger partial charge in [-0.15, -0.1) is 0 Å². The van der Waals surface area contributed by atoms with Crippen LogP contribution in [0.15, 0.2) is 78.9 Å². The minimum Gasteiger partial charge on any atom is -0.452 e. The molecule has 0 spiro atoms. The summed E-state index contributed by atoms with van der Waals surface area (Å²) in [6, 6.07) is 21.4. The first-order valence-corrected chi connectivity index (χ1v) is 12.6. The van der Waals surface area contributed by atoms with Crippen LogP contribution in [-0.2, 0) is 19.1 Å². The average molecular weight is 528 g/mol. The summed E-state index contributed by atoms with van der Waals surface area (Å²) in [7, 11) is 0. The second-order valence-electron chi connectivity index (χ2n) is 9.63. The molecule has 3 atom stereocenters. The van der Waals surface area contributed by atoms with Crippen molar-refractivity contribution in [1.82, 2.24) is 0 Å². The van der Waals surface area contributed by atoms with Gasteiger partial charge in [-0.05, 0) is 55.0 Å². The Bertz CT molecular complexity index is 1460. The lowest BCUT2D eigenvalue weighted by molar-refractivity contribution is -0.384. The Morgan fingerprint density at radius 2 is 1.67 bits per heavy atom. The highest BCUT2D eigenvalue weighted by Crippen LogP contribution is 2.45. The molecule has 0 aromatic heterocycles. The van der Waals surface area contributed by atoms with E-state index in [0.717, 1.165) is 16.9 Å². The maximum atomic E-state index is 13.4. The molecular weight excluding hydrogens is 502 g/mol. The van der Waals surface area contributed by atoms with Crippen LogP contribution in [-0.4, -0.2) is 35.2 Å². The molecule has 39 heavy (non-hydrogen) atoms. The van der Waals surface area contributed by atoms with Crippen LogP contribution in [0.4, 0.5) is 17.1 Å². The van der Waals surface area contributed by atoms with Gasteiger partial charge in [-0.25, -0.2) is 4.79 Å². The van der Waals surface area contributed by atoms with E-state index in [1.54, 1.807) is 12.1 Å². The van der Waals surface area contributed by atoms with Gasteiger partial charge in [0.2, 0.25) is 11.8 Å². The number of imide groups is 1. The van der Waals surface area contributed by atoms with E-state index in [1.807, 2.05) is 30.3 Å². The van der Waals surface area contributed by atoms with Crippen LogP contribution < -0.4 is 10.2 Å². The number of benzene rings is 3. The highest BCUT2D eigenvalue weighted by molar-refractivity contribution is 6.22. The van der Waals surface area contributed by atoms with E-state index in [9.17, 15) is 29.3 Å². The Morgan fingerprint density at radius 3 is 2.44 bits per heavy atom. The topological polar surface area (TPSA) is 136 Å². The molecule has 1 aliphatic heterocycles. The molecule has 2 aliphatic rings. The van der Waals surface area contributed by atoms with Crippen LogP contribution in [0.25, 0.3) is 0 Å². The van der Waals surface area contributed by atoms with Crippen LogP contribution in [0.2, 0.25) is 0 Å². The maximum absolute atomic E-state index is 13.4. The largest absolute Gasteiger partial charge is 0.452 e. The number of amides is 3.